The van der Waals surface area contributed by atoms with Crippen LogP contribution in [0.25, 0.3) is 0 Å². The highest BCUT2D eigenvalue weighted by atomic mass is 127. The number of halogens is 1. The van der Waals surface area contributed by atoms with E-state index in [1.165, 1.54) is 11.5 Å². The highest BCUT2D eigenvalue weighted by Crippen LogP contribution is 2.22. The first kappa shape index (κ1) is 11.7. The SMILES string of the molecule is CC(C)(C)OC(=O)Nc1sncc1I. The summed E-state index contributed by atoms with van der Waals surface area (Å²) >= 11 is 3.34. The summed E-state index contributed by atoms with van der Waals surface area (Å²) in [5.74, 6) is 0. The van der Waals surface area contributed by atoms with Gasteiger partial charge in [0.05, 0.1) is 9.77 Å². The molecule has 1 heterocycles. The van der Waals surface area contributed by atoms with Crippen LogP contribution in [0.4, 0.5) is 9.80 Å². The number of hydrogen-bond donors (Lipinski definition) is 1. The Labute approximate surface area is 100 Å². The largest absolute Gasteiger partial charge is 0.444 e. The monoisotopic (exact) mass is 326 g/mol. The molecule has 0 saturated heterocycles. The number of amides is 1. The standard InChI is InChI=1S/C8H11IN2O2S/c1-8(2,3)13-7(12)11-6-5(9)4-10-14-6/h4H,1-3H3,(H,11,12). The Morgan fingerprint density at radius 1 is 1.64 bits per heavy atom. The summed E-state index contributed by atoms with van der Waals surface area (Å²) in [6.45, 7) is 5.47. The zero-order chi connectivity index (χ0) is 10.8. The zero-order valence-corrected chi connectivity index (χ0v) is 11.1. The summed E-state index contributed by atoms with van der Waals surface area (Å²) in [5.41, 5.74) is -0.472. The van der Waals surface area contributed by atoms with E-state index >= 15 is 0 Å². The molecular weight excluding hydrogens is 315 g/mol. The van der Waals surface area contributed by atoms with Crippen molar-refractivity contribution >= 4 is 45.2 Å². The second kappa shape index (κ2) is 4.43. The minimum Gasteiger partial charge on any atom is -0.444 e. The van der Waals surface area contributed by atoms with Gasteiger partial charge in [0, 0.05) is 0 Å². The molecule has 1 N–H and O–H groups in total. The molecule has 0 aliphatic rings. The maximum absolute atomic E-state index is 11.3. The Morgan fingerprint density at radius 2 is 2.29 bits per heavy atom. The van der Waals surface area contributed by atoms with E-state index in [2.05, 4.69) is 32.3 Å². The number of ether oxygens (including phenoxy) is 1. The van der Waals surface area contributed by atoms with E-state index in [1.54, 1.807) is 6.20 Å². The number of carbonyl (C=O) groups excluding carboxylic acids is 1. The van der Waals surface area contributed by atoms with Crippen LogP contribution >= 0.6 is 34.1 Å². The molecule has 0 aromatic carbocycles. The topological polar surface area (TPSA) is 51.2 Å². The lowest BCUT2D eigenvalue weighted by atomic mass is 10.2. The van der Waals surface area contributed by atoms with E-state index < -0.39 is 11.7 Å². The van der Waals surface area contributed by atoms with Gasteiger partial charge in [0.25, 0.3) is 0 Å². The Bertz CT molecular complexity index is 332. The van der Waals surface area contributed by atoms with Crippen molar-refractivity contribution in [2.75, 3.05) is 5.32 Å². The smallest absolute Gasteiger partial charge is 0.412 e. The number of nitrogens with one attached hydrogen (secondary N) is 1. The maximum atomic E-state index is 11.3. The third-order valence-electron chi connectivity index (χ3n) is 1.14. The van der Waals surface area contributed by atoms with E-state index in [0.717, 1.165) is 8.57 Å². The molecule has 0 saturated carbocycles. The summed E-state index contributed by atoms with van der Waals surface area (Å²) in [5, 5.41) is 3.36. The molecule has 1 aromatic heterocycles. The predicted octanol–water partition coefficient (Wildman–Crippen LogP) is 3.09. The summed E-state index contributed by atoms with van der Waals surface area (Å²) in [6, 6.07) is 0. The Morgan fingerprint density at radius 3 is 2.71 bits per heavy atom. The average molecular weight is 326 g/mol. The van der Waals surface area contributed by atoms with Crippen LogP contribution < -0.4 is 5.32 Å². The third kappa shape index (κ3) is 3.79. The number of carbonyl (C=O) groups is 1. The molecule has 6 heteroatoms. The van der Waals surface area contributed by atoms with Crippen LogP contribution in [0.2, 0.25) is 0 Å². The van der Waals surface area contributed by atoms with Crippen molar-refractivity contribution in [1.29, 1.82) is 0 Å². The number of rotatable bonds is 1. The summed E-state index contributed by atoms with van der Waals surface area (Å²) in [4.78, 5) is 11.3. The minimum absolute atomic E-state index is 0.445. The number of hydrogen-bond acceptors (Lipinski definition) is 4. The molecule has 0 unspecified atom stereocenters. The van der Waals surface area contributed by atoms with Crippen LogP contribution in [-0.2, 0) is 4.74 Å². The van der Waals surface area contributed by atoms with Gasteiger partial charge in [-0.1, -0.05) is 0 Å². The van der Waals surface area contributed by atoms with Gasteiger partial charge in [-0.15, -0.1) is 0 Å². The third-order valence-corrected chi connectivity index (χ3v) is 3.04. The molecule has 0 fully saturated rings. The Balaban J connectivity index is 2.54. The van der Waals surface area contributed by atoms with Gasteiger partial charge in [0.1, 0.15) is 10.6 Å². The second-order valence-corrected chi connectivity index (χ2v) is 5.59. The summed E-state index contributed by atoms with van der Waals surface area (Å²) < 4.78 is 9.94. The Hall–Kier alpha value is -0.370. The zero-order valence-electron chi connectivity index (χ0n) is 8.13. The molecule has 0 bridgehead atoms. The lowest BCUT2D eigenvalue weighted by Crippen LogP contribution is -2.27. The summed E-state index contributed by atoms with van der Waals surface area (Å²) in [7, 11) is 0. The van der Waals surface area contributed by atoms with E-state index in [4.69, 9.17) is 4.74 Å². The van der Waals surface area contributed by atoms with Gasteiger partial charge in [-0.3, -0.25) is 5.32 Å². The molecule has 0 spiro atoms. The van der Waals surface area contributed by atoms with E-state index in [0.29, 0.717) is 0 Å². The molecule has 0 aliphatic heterocycles. The van der Waals surface area contributed by atoms with Crippen LogP contribution in [-0.4, -0.2) is 16.1 Å². The first-order valence-electron chi connectivity index (χ1n) is 3.98. The van der Waals surface area contributed by atoms with Crippen LogP contribution in [0, 0.1) is 3.57 Å². The average Bonchev–Trinajstić information content (AvgIpc) is 2.32. The van der Waals surface area contributed by atoms with E-state index in [1.807, 2.05) is 20.8 Å². The van der Waals surface area contributed by atoms with Gasteiger partial charge < -0.3 is 4.74 Å². The van der Waals surface area contributed by atoms with Gasteiger partial charge in [-0.25, -0.2) is 4.79 Å². The van der Waals surface area contributed by atoms with Crippen molar-refractivity contribution in [2.24, 2.45) is 0 Å². The quantitative estimate of drug-likeness (QED) is 0.807. The van der Waals surface area contributed by atoms with Gasteiger partial charge in [0.2, 0.25) is 0 Å². The molecule has 0 atom stereocenters. The van der Waals surface area contributed by atoms with Crippen LogP contribution in [0.5, 0.6) is 0 Å². The molecule has 0 aliphatic carbocycles. The molecular formula is C8H11IN2O2S. The second-order valence-electron chi connectivity index (χ2n) is 3.63. The fourth-order valence-corrected chi connectivity index (χ4v) is 2.00. The van der Waals surface area contributed by atoms with Crippen LogP contribution in [0.3, 0.4) is 0 Å². The van der Waals surface area contributed by atoms with Crippen molar-refractivity contribution in [3.8, 4) is 0 Å². The molecule has 0 radical (unpaired) electrons. The van der Waals surface area contributed by atoms with Crippen molar-refractivity contribution in [2.45, 2.75) is 26.4 Å². The summed E-state index contributed by atoms with van der Waals surface area (Å²) in [6.07, 6.45) is 1.25. The first-order chi connectivity index (χ1) is 6.38. The Kier molecular flexibility index (Phi) is 3.71. The van der Waals surface area contributed by atoms with E-state index in [-0.39, 0.29) is 0 Å². The molecule has 14 heavy (non-hydrogen) atoms. The minimum atomic E-state index is -0.472. The number of anilines is 1. The van der Waals surface area contributed by atoms with Crippen LogP contribution in [0.15, 0.2) is 6.20 Å². The van der Waals surface area contributed by atoms with Crippen molar-refractivity contribution in [1.82, 2.24) is 4.37 Å². The normalized spacial score (nSPS) is 11.1. The molecule has 4 nitrogen and oxygen atoms in total. The molecule has 1 rings (SSSR count). The maximum Gasteiger partial charge on any atom is 0.412 e. The molecule has 1 amide bonds. The molecule has 1 aromatic rings. The van der Waals surface area contributed by atoms with Gasteiger partial charge in [-0.05, 0) is 54.9 Å². The highest BCUT2D eigenvalue weighted by molar-refractivity contribution is 14.1. The number of nitrogens with zero attached hydrogens (tertiary/aromatic N) is 1. The van der Waals surface area contributed by atoms with Gasteiger partial charge >= 0.3 is 6.09 Å². The fraction of sp³-hybridized carbons (Fsp3) is 0.500. The molecule has 78 valence electrons. The van der Waals surface area contributed by atoms with Gasteiger partial charge in [0.15, 0.2) is 0 Å². The number of aromatic nitrogens is 1. The van der Waals surface area contributed by atoms with Crippen molar-refractivity contribution in [3.63, 3.8) is 0 Å². The predicted molar refractivity (Wildman–Crippen MR) is 64.7 cm³/mol. The first-order valence-corrected chi connectivity index (χ1v) is 5.84. The fourth-order valence-electron chi connectivity index (χ4n) is 0.706. The van der Waals surface area contributed by atoms with Gasteiger partial charge in [-0.2, -0.15) is 4.37 Å². The van der Waals surface area contributed by atoms with Crippen molar-refractivity contribution in [3.05, 3.63) is 9.77 Å². The highest BCUT2D eigenvalue weighted by Gasteiger charge is 2.17. The lowest BCUT2D eigenvalue weighted by Gasteiger charge is -2.19. The van der Waals surface area contributed by atoms with Crippen molar-refractivity contribution < 1.29 is 9.53 Å². The van der Waals surface area contributed by atoms with E-state index in [9.17, 15) is 4.79 Å². The lowest BCUT2D eigenvalue weighted by molar-refractivity contribution is 0.0636. The van der Waals surface area contributed by atoms with Crippen LogP contribution in [0.1, 0.15) is 20.8 Å².